The van der Waals surface area contributed by atoms with E-state index < -0.39 is 0 Å². The number of carbonyl (C=O) groups is 1. The number of benzene rings is 2. The van der Waals surface area contributed by atoms with E-state index in [-0.39, 0.29) is 0 Å². The normalized spacial score (nSPS) is 10.9. The molecule has 1 N–H and O–H groups in total. The summed E-state index contributed by atoms with van der Waals surface area (Å²) in [5, 5.41) is 4.98. The molecule has 2 aromatic carbocycles. The van der Waals surface area contributed by atoms with Gasteiger partial charge in [0.1, 0.15) is 11.4 Å². The van der Waals surface area contributed by atoms with Crippen molar-refractivity contribution in [1.82, 2.24) is 4.98 Å². The van der Waals surface area contributed by atoms with Gasteiger partial charge in [0, 0.05) is 11.1 Å². The molecule has 0 unspecified atom stereocenters. The van der Waals surface area contributed by atoms with Crippen molar-refractivity contribution in [3.8, 4) is 0 Å². The summed E-state index contributed by atoms with van der Waals surface area (Å²) in [5.74, 6) is 0.973. The third-order valence-corrected chi connectivity index (χ3v) is 3.54. The van der Waals surface area contributed by atoms with E-state index in [0.717, 1.165) is 22.0 Å². The minimum absolute atomic E-state index is 0.296. The van der Waals surface area contributed by atoms with Gasteiger partial charge in [0.25, 0.3) is 0 Å². The lowest BCUT2D eigenvalue weighted by Gasteiger charge is -2.08. The molecule has 22 heavy (non-hydrogen) atoms. The Morgan fingerprint density at radius 3 is 2.55 bits per heavy atom. The first-order valence-corrected chi connectivity index (χ1v) is 6.95. The highest BCUT2D eigenvalue weighted by Gasteiger charge is 2.13. The molecule has 0 saturated carbocycles. The van der Waals surface area contributed by atoms with Crippen molar-refractivity contribution in [2.45, 2.75) is 0 Å². The van der Waals surface area contributed by atoms with Crippen LogP contribution in [0.25, 0.3) is 21.9 Å². The Bertz CT molecular complexity index is 974. The van der Waals surface area contributed by atoms with E-state index in [0.29, 0.717) is 23.4 Å². The number of aromatic nitrogens is 1. The van der Waals surface area contributed by atoms with Crippen LogP contribution in [0.2, 0.25) is 0 Å². The second-order valence-corrected chi connectivity index (χ2v) is 4.98. The molecule has 0 bridgehead atoms. The molecule has 0 saturated heterocycles. The second kappa shape index (κ2) is 5.00. The Labute approximate surface area is 126 Å². The van der Waals surface area contributed by atoms with Crippen LogP contribution in [0, 0.1) is 0 Å². The van der Waals surface area contributed by atoms with Gasteiger partial charge in [-0.2, -0.15) is 0 Å². The van der Waals surface area contributed by atoms with Crippen LogP contribution in [-0.4, -0.2) is 11.3 Å². The van der Waals surface area contributed by atoms with Crippen molar-refractivity contribution in [1.29, 1.82) is 0 Å². The molecule has 0 atom stereocenters. The van der Waals surface area contributed by atoms with Crippen molar-refractivity contribution < 1.29 is 9.21 Å². The van der Waals surface area contributed by atoms with E-state index in [4.69, 9.17) is 4.42 Å². The van der Waals surface area contributed by atoms with Gasteiger partial charge in [-0.15, -0.1) is 0 Å². The van der Waals surface area contributed by atoms with Gasteiger partial charge in [-0.05, 0) is 30.3 Å². The first kappa shape index (κ1) is 12.6. The van der Waals surface area contributed by atoms with Crippen molar-refractivity contribution in [3.63, 3.8) is 0 Å². The number of aldehydes is 1. The molecule has 4 rings (SSSR count). The predicted molar refractivity (Wildman–Crippen MR) is 86.6 cm³/mol. The van der Waals surface area contributed by atoms with Crippen molar-refractivity contribution in [2.24, 2.45) is 0 Å². The fraction of sp³-hybridized carbons (Fsp3) is 0. The van der Waals surface area contributed by atoms with Gasteiger partial charge >= 0.3 is 0 Å². The van der Waals surface area contributed by atoms with Crippen LogP contribution in [-0.2, 0) is 0 Å². The first-order valence-electron chi connectivity index (χ1n) is 6.95. The van der Waals surface area contributed by atoms with Crippen LogP contribution < -0.4 is 5.32 Å². The number of carbonyl (C=O) groups excluding carboxylic acids is 1. The fourth-order valence-corrected chi connectivity index (χ4v) is 2.54. The summed E-state index contributed by atoms with van der Waals surface area (Å²) in [6, 6.07) is 19.2. The zero-order chi connectivity index (χ0) is 14.9. The minimum Gasteiger partial charge on any atom is -0.452 e. The summed E-state index contributed by atoms with van der Waals surface area (Å²) in [6.45, 7) is 0. The Morgan fingerprint density at radius 1 is 0.955 bits per heavy atom. The maximum atomic E-state index is 11.0. The van der Waals surface area contributed by atoms with Gasteiger partial charge in [-0.1, -0.05) is 30.3 Å². The van der Waals surface area contributed by atoms with Crippen LogP contribution in [0.1, 0.15) is 10.6 Å². The van der Waals surface area contributed by atoms with Crippen LogP contribution in [0.4, 0.5) is 11.5 Å². The van der Waals surface area contributed by atoms with E-state index in [1.54, 1.807) is 6.07 Å². The predicted octanol–water partition coefficient (Wildman–Crippen LogP) is 4.54. The smallest absolute Gasteiger partial charge is 0.185 e. The highest BCUT2D eigenvalue weighted by molar-refractivity contribution is 6.08. The zero-order valence-electron chi connectivity index (χ0n) is 11.6. The van der Waals surface area contributed by atoms with Crippen molar-refractivity contribution in [2.75, 3.05) is 5.32 Å². The van der Waals surface area contributed by atoms with Gasteiger partial charge in [-0.3, -0.25) is 4.79 Å². The largest absolute Gasteiger partial charge is 0.452 e. The Kier molecular flexibility index (Phi) is 2.86. The molecule has 0 fully saturated rings. The molecular formula is C18H12N2O2. The number of nitrogens with one attached hydrogen (secondary N) is 1. The van der Waals surface area contributed by atoms with E-state index in [2.05, 4.69) is 10.3 Å². The van der Waals surface area contributed by atoms with Gasteiger partial charge in [0.15, 0.2) is 12.0 Å². The number of furan rings is 1. The maximum Gasteiger partial charge on any atom is 0.185 e. The second-order valence-electron chi connectivity index (χ2n) is 4.98. The van der Waals surface area contributed by atoms with Gasteiger partial charge in [-0.25, -0.2) is 4.98 Å². The maximum absolute atomic E-state index is 11.0. The minimum atomic E-state index is 0.296. The average Bonchev–Trinajstić information content (AvgIpc) is 3.01. The molecule has 0 spiro atoms. The fourth-order valence-electron chi connectivity index (χ4n) is 2.54. The molecular weight excluding hydrogens is 276 g/mol. The first-order chi connectivity index (χ1) is 10.8. The van der Waals surface area contributed by atoms with Crippen LogP contribution >= 0.6 is 0 Å². The molecule has 0 aliphatic heterocycles. The lowest BCUT2D eigenvalue weighted by molar-refractivity contribution is 0.110. The molecule has 106 valence electrons. The summed E-state index contributed by atoms with van der Waals surface area (Å²) in [7, 11) is 0. The number of rotatable bonds is 3. The van der Waals surface area contributed by atoms with E-state index in [1.165, 1.54) is 0 Å². The van der Waals surface area contributed by atoms with E-state index in [1.807, 2.05) is 54.6 Å². The monoisotopic (exact) mass is 288 g/mol. The van der Waals surface area contributed by atoms with Crippen molar-refractivity contribution in [3.05, 3.63) is 66.4 Å². The Morgan fingerprint density at radius 2 is 1.73 bits per heavy atom. The SMILES string of the molecule is O=Cc1cc2c(Nc3ccccc3)nc3ccccc3c2o1. The van der Waals surface area contributed by atoms with E-state index >= 15 is 0 Å². The molecule has 0 aliphatic carbocycles. The number of hydrogen-bond donors (Lipinski definition) is 1. The highest BCUT2D eigenvalue weighted by atomic mass is 16.3. The summed E-state index contributed by atoms with van der Waals surface area (Å²) in [6.07, 6.45) is 0.709. The number of hydrogen-bond acceptors (Lipinski definition) is 4. The van der Waals surface area contributed by atoms with Crippen LogP contribution in [0.5, 0.6) is 0 Å². The topological polar surface area (TPSA) is 55.1 Å². The lowest BCUT2D eigenvalue weighted by atomic mass is 10.1. The summed E-state index contributed by atoms with van der Waals surface area (Å²) >= 11 is 0. The number of nitrogens with zero attached hydrogens (tertiary/aromatic N) is 1. The summed E-state index contributed by atoms with van der Waals surface area (Å²) in [4.78, 5) is 15.7. The molecule has 4 aromatic rings. The molecule has 4 heteroatoms. The van der Waals surface area contributed by atoms with E-state index in [9.17, 15) is 4.79 Å². The zero-order valence-corrected chi connectivity index (χ0v) is 11.6. The standard InChI is InChI=1S/C18H12N2O2/c21-11-13-10-15-17(22-13)14-8-4-5-9-16(14)20-18(15)19-12-6-2-1-3-7-12/h1-11H,(H,19,20). The molecule has 0 aliphatic rings. The highest BCUT2D eigenvalue weighted by Crippen LogP contribution is 2.32. The van der Waals surface area contributed by atoms with Gasteiger partial charge in [0.05, 0.1) is 10.9 Å². The summed E-state index contributed by atoms with van der Waals surface area (Å²) in [5.41, 5.74) is 2.42. The Balaban J connectivity index is 1.99. The summed E-state index contributed by atoms with van der Waals surface area (Å²) < 4.78 is 5.66. The third-order valence-electron chi connectivity index (χ3n) is 3.54. The van der Waals surface area contributed by atoms with Gasteiger partial charge in [0.2, 0.25) is 0 Å². The number of anilines is 2. The number of fused-ring (bicyclic) bond motifs is 3. The average molecular weight is 288 g/mol. The number of para-hydroxylation sites is 2. The molecule has 0 radical (unpaired) electrons. The van der Waals surface area contributed by atoms with Crippen LogP contribution in [0.3, 0.4) is 0 Å². The molecule has 2 heterocycles. The van der Waals surface area contributed by atoms with Gasteiger partial charge < -0.3 is 9.73 Å². The Hall–Kier alpha value is -3.14. The third kappa shape index (κ3) is 2.02. The lowest BCUT2D eigenvalue weighted by Crippen LogP contribution is -1.94. The van der Waals surface area contributed by atoms with Crippen molar-refractivity contribution >= 4 is 39.7 Å². The quantitative estimate of drug-likeness (QED) is 0.562. The molecule has 4 nitrogen and oxygen atoms in total. The number of pyridine rings is 1. The molecule has 0 amide bonds. The molecule has 2 aromatic heterocycles. The van der Waals surface area contributed by atoms with Crippen LogP contribution in [0.15, 0.2) is 65.1 Å².